The molecule has 0 unspecified atom stereocenters. The maximum atomic E-state index is 14.8. The largest absolute Gasteiger partial charge is 0.482 e. The standard InChI is InChI=1S/C33H36FN5O5/c34-26-17-23(31(41)36-16-4-2-1-3-15-35)9-13-27(26)38-32(42)22-7-5-21(6-8-22)19-39(25-11-12-25)33(43)24-10-14-28-29(18-24)44-20-30(40)37-28/h5-10,13-14,17-18,25H,1-4,11-12,15-16,19-20,35H2,(H,36,41)(H,37,40)(H,38,42). The summed E-state index contributed by atoms with van der Waals surface area (Å²) in [6, 6.07) is 15.8. The summed E-state index contributed by atoms with van der Waals surface area (Å²) in [6.45, 7) is 1.41. The lowest BCUT2D eigenvalue weighted by Crippen LogP contribution is -2.33. The minimum absolute atomic E-state index is 0.0310. The van der Waals surface area contributed by atoms with Gasteiger partial charge in [0.15, 0.2) is 6.61 Å². The Kier molecular flexibility index (Phi) is 9.86. The number of hydrogen-bond acceptors (Lipinski definition) is 6. The fourth-order valence-electron chi connectivity index (χ4n) is 4.96. The molecule has 1 saturated carbocycles. The summed E-state index contributed by atoms with van der Waals surface area (Å²) in [5.74, 6) is -1.51. The van der Waals surface area contributed by atoms with Gasteiger partial charge in [-0.25, -0.2) is 4.39 Å². The second kappa shape index (κ2) is 14.1. The van der Waals surface area contributed by atoms with E-state index in [1.165, 1.54) is 12.1 Å². The third-order valence-electron chi connectivity index (χ3n) is 7.57. The molecule has 10 nitrogen and oxygen atoms in total. The highest BCUT2D eigenvalue weighted by Crippen LogP contribution is 2.33. The van der Waals surface area contributed by atoms with Crippen molar-refractivity contribution in [3.8, 4) is 5.75 Å². The summed E-state index contributed by atoms with van der Waals surface area (Å²) < 4.78 is 20.2. The lowest BCUT2D eigenvalue weighted by molar-refractivity contribution is -0.118. The average Bonchev–Trinajstić information content (AvgIpc) is 3.87. The van der Waals surface area contributed by atoms with Crippen LogP contribution in [-0.2, 0) is 11.3 Å². The number of nitrogens with zero attached hydrogens (tertiary/aromatic N) is 1. The lowest BCUT2D eigenvalue weighted by atomic mass is 10.1. The van der Waals surface area contributed by atoms with E-state index in [9.17, 15) is 23.6 Å². The van der Waals surface area contributed by atoms with E-state index in [4.69, 9.17) is 10.5 Å². The first-order chi connectivity index (χ1) is 21.3. The minimum atomic E-state index is -0.709. The fraction of sp³-hybridized carbons (Fsp3) is 0.333. The van der Waals surface area contributed by atoms with Gasteiger partial charge < -0.3 is 31.3 Å². The van der Waals surface area contributed by atoms with Crippen molar-refractivity contribution in [3.05, 3.63) is 88.7 Å². The highest BCUT2D eigenvalue weighted by Gasteiger charge is 2.33. The van der Waals surface area contributed by atoms with Crippen LogP contribution < -0.4 is 26.4 Å². The molecule has 5 rings (SSSR count). The van der Waals surface area contributed by atoms with Crippen LogP contribution in [0.3, 0.4) is 0 Å². The Morgan fingerprint density at radius 1 is 0.909 bits per heavy atom. The van der Waals surface area contributed by atoms with Crippen molar-refractivity contribution in [1.82, 2.24) is 10.2 Å². The van der Waals surface area contributed by atoms with E-state index in [-0.39, 0.29) is 41.6 Å². The molecule has 0 saturated heterocycles. The van der Waals surface area contributed by atoms with Crippen molar-refractivity contribution < 1.29 is 28.3 Å². The first-order valence-corrected chi connectivity index (χ1v) is 14.9. The predicted molar refractivity (Wildman–Crippen MR) is 164 cm³/mol. The van der Waals surface area contributed by atoms with E-state index in [1.807, 2.05) is 0 Å². The first kappa shape index (κ1) is 30.7. The number of ether oxygens (including phenoxy) is 1. The predicted octanol–water partition coefficient (Wildman–Crippen LogP) is 4.46. The van der Waals surface area contributed by atoms with Gasteiger partial charge in [-0.15, -0.1) is 0 Å². The lowest BCUT2D eigenvalue weighted by Gasteiger charge is -2.24. The normalized spacial score (nSPS) is 13.7. The molecule has 0 aromatic heterocycles. The monoisotopic (exact) mass is 601 g/mol. The molecule has 0 spiro atoms. The number of benzene rings is 3. The molecule has 230 valence electrons. The summed E-state index contributed by atoms with van der Waals surface area (Å²) in [6.07, 6.45) is 5.56. The van der Waals surface area contributed by atoms with Crippen molar-refractivity contribution in [2.24, 2.45) is 5.73 Å². The zero-order valence-corrected chi connectivity index (χ0v) is 24.4. The van der Waals surface area contributed by atoms with Gasteiger partial charge in [-0.3, -0.25) is 19.2 Å². The molecule has 1 aliphatic heterocycles. The second-order valence-electron chi connectivity index (χ2n) is 11.0. The number of rotatable bonds is 13. The van der Waals surface area contributed by atoms with Crippen LogP contribution >= 0.6 is 0 Å². The van der Waals surface area contributed by atoms with Gasteiger partial charge in [-0.05, 0) is 86.3 Å². The number of anilines is 2. The van der Waals surface area contributed by atoms with Crippen molar-refractivity contribution in [3.63, 3.8) is 0 Å². The van der Waals surface area contributed by atoms with Crippen LogP contribution in [0.25, 0.3) is 0 Å². The third kappa shape index (κ3) is 7.78. The Bertz CT molecular complexity index is 1540. The summed E-state index contributed by atoms with van der Waals surface area (Å²) in [5.41, 5.74) is 7.78. The number of carbonyl (C=O) groups is 4. The van der Waals surface area contributed by atoms with Crippen molar-refractivity contribution >= 4 is 35.0 Å². The van der Waals surface area contributed by atoms with Gasteiger partial charge in [-0.1, -0.05) is 25.0 Å². The Morgan fingerprint density at radius 3 is 2.36 bits per heavy atom. The molecule has 1 fully saturated rings. The summed E-state index contributed by atoms with van der Waals surface area (Å²) in [5, 5.41) is 8.06. The molecule has 11 heteroatoms. The molecule has 1 aliphatic carbocycles. The second-order valence-corrected chi connectivity index (χ2v) is 11.0. The minimum Gasteiger partial charge on any atom is -0.482 e. The van der Waals surface area contributed by atoms with Gasteiger partial charge >= 0.3 is 0 Å². The maximum absolute atomic E-state index is 14.8. The van der Waals surface area contributed by atoms with Crippen LogP contribution in [0.2, 0.25) is 0 Å². The van der Waals surface area contributed by atoms with Crippen LogP contribution in [-0.4, -0.2) is 54.3 Å². The van der Waals surface area contributed by atoms with Crippen LogP contribution in [0, 0.1) is 5.82 Å². The molecule has 2 aliphatic rings. The van der Waals surface area contributed by atoms with E-state index in [0.29, 0.717) is 42.2 Å². The van der Waals surface area contributed by atoms with Gasteiger partial charge in [-0.2, -0.15) is 0 Å². The maximum Gasteiger partial charge on any atom is 0.262 e. The topological polar surface area (TPSA) is 143 Å². The van der Waals surface area contributed by atoms with E-state index >= 15 is 0 Å². The number of amides is 4. The van der Waals surface area contributed by atoms with Gasteiger partial charge in [0.1, 0.15) is 11.6 Å². The zero-order valence-electron chi connectivity index (χ0n) is 24.4. The van der Waals surface area contributed by atoms with Crippen LogP contribution in [0.5, 0.6) is 5.75 Å². The van der Waals surface area contributed by atoms with Crippen LogP contribution in [0.1, 0.15) is 75.2 Å². The summed E-state index contributed by atoms with van der Waals surface area (Å²) in [4.78, 5) is 52.0. The van der Waals surface area contributed by atoms with Gasteiger partial charge in [0.2, 0.25) is 0 Å². The Morgan fingerprint density at radius 2 is 1.64 bits per heavy atom. The number of carbonyl (C=O) groups excluding carboxylic acids is 4. The average molecular weight is 602 g/mol. The number of halogens is 1. The highest BCUT2D eigenvalue weighted by molar-refractivity contribution is 6.05. The van der Waals surface area contributed by atoms with Crippen molar-refractivity contribution in [2.75, 3.05) is 30.3 Å². The molecule has 0 bridgehead atoms. The molecule has 1 heterocycles. The quantitative estimate of drug-likeness (QED) is 0.213. The van der Waals surface area contributed by atoms with Crippen molar-refractivity contribution in [2.45, 2.75) is 51.1 Å². The fourth-order valence-corrected chi connectivity index (χ4v) is 4.96. The number of hydrogen-bond donors (Lipinski definition) is 4. The van der Waals surface area contributed by atoms with E-state index in [2.05, 4.69) is 16.0 Å². The molecule has 0 radical (unpaired) electrons. The SMILES string of the molecule is NCCCCCCNC(=O)c1ccc(NC(=O)c2ccc(CN(C(=O)c3ccc4c(c3)OCC(=O)N4)C3CC3)cc2)c(F)c1. The van der Waals surface area contributed by atoms with Gasteiger partial charge in [0.05, 0.1) is 11.4 Å². The number of nitrogens with two attached hydrogens (primary N) is 1. The molecular formula is C33H36FN5O5. The Balaban J connectivity index is 1.16. The third-order valence-corrected chi connectivity index (χ3v) is 7.57. The molecule has 3 aromatic carbocycles. The van der Waals surface area contributed by atoms with Crippen LogP contribution in [0.4, 0.5) is 15.8 Å². The van der Waals surface area contributed by atoms with Gasteiger partial charge in [0.25, 0.3) is 23.6 Å². The summed E-state index contributed by atoms with van der Waals surface area (Å²) in [7, 11) is 0. The Hall–Kier alpha value is -4.77. The van der Waals surface area contributed by atoms with Crippen molar-refractivity contribution in [1.29, 1.82) is 0 Å². The van der Waals surface area contributed by atoms with Crippen LogP contribution in [0.15, 0.2) is 60.7 Å². The smallest absolute Gasteiger partial charge is 0.262 e. The first-order valence-electron chi connectivity index (χ1n) is 14.9. The number of unbranched alkanes of at least 4 members (excludes halogenated alkanes) is 3. The molecule has 44 heavy (non-hydrogen) atoms. The molecular weight excluding hydrogens is 565 g/mol. The molecule has 4 amide bonds. The zero-order chi connectivity index (χ0) is 31.1. The van der Waals surface area contributed by atoms with E-state index in [0.717, 1.165) is 50.2 Å². The molecule has 5 N–H and O–H groups in total. The molecule has 3 aromatic rings. The number of nitrogens with one attached hydrogen (secondary N) is 3. The molecule has 0 atom stereocenters. The van der Waals surface area contributed by atoms with Gasteiger partial charge in [0, 0.05) is 35.8 Å². The highest BCUT2D eigenvalue weighted by atomic mass is 19.1. The van der Waals surface area contributed by atoms with E-state index < -0.39 is 11.7 Å². The Labute approximate surface area is 255 Å². The number of fused-ring (bicyclic) bond motifs is 1. The van der Waals surface area contributed by atoms with E-state index in [1.54, 1.807) is 47.4 Å². The summed E-state index contributed by atoms with van der Waals surface area (Å²) >= 11 is 0.